The van der Waals surface area contributed by atoms with Crippen molar-refractivity contribution in [2.24, 2.45) is 5.92 Å². The number of halogens is 1. The zero-order valence-corrected chi connectivity index (χ0v) is 13.3. The Kier molecular flexibility index (Phi) is 4.67. The highest BCUT2D eigenvalue weighted by Crippen LogP contribution is 2.33. The van der Waals surface area contributed by atoms with E-state index in [1.807, 2.05) is 31.2 Å². The van der Waals surface area contributed by atoms with Gasteiger partial charge in [-0.15, -0.1) is 0 Å². The Morgan fingerprint density at radius 3 is 2.95 bits per heavy atom. The Morgan fingerprint density at radius 1 is 1.53 bits per heavy atom. The highest BCUT2D eigenvalue weighted by atomic mass is 79.9. The summed E-state index contributed by atoms with van der Waals surface area (Å²) in [5.41, 5.74) is 1.81. The molecule has 1 N–H and O–H groups in total. The van der Waals surface area contributed by atoms with E-state index < -0.39 is 0 Å². The van der Waals surface area contributed by atoms with Gasteiger partial charge in [0.2, 0.25) is 0 Å². The Hall–Kier alpha value is -0.830. The van der Waals surface area contributed by atoms with Gasteiger partial charge in [-0.3, -0.25) is 4.79 Å². The van der Waals surface area contributed by atoms with Crippen LogP contribution in [0.2, 0.25) is 0 Å². The summed E-state index contributed by atoms with van der Waals surface area (Å²) in [4.78, 5) is 12.4. The molecule has 0 bridgehead atoms. The van der Waals surface area contributed by atoms with E-state index in [1.165, 1.54) is 12.8 Å². The van der Waals surface area contributed by atoms with E-state index in [1.54, 1.807) is 0 Å². The molecule has 1 aliphatic rings. The quantitative estimate of drug-likeness (QED) is 0.835. The van der Waals surface area contributed by atoms with Gasteiger partial charge < -0.3 is 5.32 Å². The molecule has 2 nitrogen and oxygen atoms in total. The fourth-order valence-corrected chi connectivity index (χ4v) is 3.68. The van der Waals surface area contributed by atoms with Crippen molar-refractivity contribution in [3.8, 4) is 0 Å². The molecule has 2 rings (SSSR count). The van der Waals surface area contributed by atoms with Gasteiger partial charge in [-0.25, -0.2) is 0 Å². The van der Waals surface area contributed by atoms with Crippen LogP contribution < -0.4 is 5.32 Å². The number of amides is 1. The number of rotatable bonds is 3. The summed E-state index contributed by atoms with van der Waals surface area (Å²) in [5.74, 6) is 0.737. The van der Waals surface area contributed by atoms with Crippen LogP contribution >= 0.6 is 15.9 Å². The van der Waals surface area contributed by atoms with E-state index in [-0.39, 0.29) is 11.4 Å². The second-order valence-corrected chi connectivity index (χ2v) is 6.50. The van der Waals surface area contributed by atoms with E-state index in [0.717, 1.165) is 29.3 Å². The van der Waals surface area contributed by atoms with Crippen LogP contribution in [0.25, 0.3) is 0 Å². The summed E-state index contributed by atoms with van der Waals surface area (Å²) in [6.07, 6.45) is 4.60. The Bertz CT molecular complexity index is 460. The van der Waals surface area contributed by atoms with Gasteiger partial charge in [-0.2, -0.15) is 0 Å². The predicted molar refractivity (Wildman–Crippen MR) is 82.8 cm³/mol. The van der Waals surface area contributed by atoms with Gasteiger partial charge in [0.05, 0.1) is 5.54 Å². The molecule has 0 radical (unpaired) electrons. The largest absolute Gasteiger partial charge is 0.346 e. The Labute approximate surface area is 124 Å². The lowest BCUT2D eigenvalue weighted by atomic mass is 9.77. The molecule has 1 aromatic rings. The number of hydrogen-bond donors (Lipinski definition) is 1. The van der Waals surface area contributed by atoms with Gasteiger partial charge in [-0.1, -0.05) is 53.4 Å². The summed E-state index contributed by atoms with van der Waals surface area (Å²) in [6, 6.07) is 7.79. The highest BCUT2D eigenvalue weighted by molar-refractivity contribution is 9.09. The van der Waals surface area contributed by atoms with E-state index in [0.29, 0.717) is 5.92 Å². The normalized spacial score (nSPS) is 27.0. The first-order valence-corrected chi connectivity index (χ1v) is 8.12. The molecule has 0 aliphatic heterocycles. The molecular formula is C16H22BrNO. The lowest BCUT2D eigenvalue weighted by Gasteiger charge is -2.39. The van der Waals surface area contributed by atoms with Crippen LogP contribution in [-0.2, 0) is 0 Å². The van der Waals surface area contributed by atoms with Crippen molar-refractivity contribution in [2.75, 3.05) is 5.33 Å². The van der Waals surface area contributed by atoms with Crippen molar-refractivity contribution < 1.29 is 4.79 Å². The topological polar surface area (TPSA) is 29.1 Å². The number of benzene rings is 1. The molecule has 0 aromatic heterocycles. The standard InChI is InChI=1S/C16H22BrNO/c1-12-5-3-7-14(9-12)15(19)18-16(11-17)8-4-6-13(2)10-16/h3,5,7,9,13H,4,6,8,10-11H2,1-2H3,(H,18,19). The number of aryl methyl sites for hydroxylation is 1. The van der Waals surface area contributed by atoms with Crippen molar-refractivity contribution in [1.29, 1.82) is 0 Å². The Morgan fingerprint density at radius 2 is 2.32 bits per heavy atom. The maximum atomic E-state index is 12.4. The molecule has 1 amide bonds. The smallest absolute Gasteiger partial charge is 0.251 e. The summed E-state index contributed by atoms with van der Waals surface area (Å²) in [5, 5.41) is 4.11. The average Bonchev–Trinajstić information content (AvgIpc) is 2.38. The third-order valence-electron chi connectivity index (χ3n) is 4.01. The number of hydrogen-bond acceptors (Lipinski definition) is 1. The van der Waals surface area contributed by atoms with Crippen molar-refractivity contribution in [1.82, 2.24) is 5.32 Å². The van der Waals surface area contributed by atoms with Gasteiger partial charge in [0.25, 0.3) is 5.91 Å². The van der Waals surface area contributed by atoms with Crippen LogP contribution in [0.4, 0.5) is 0 Å². The molecule has 1 aliphatic carbocycles. The third kappa shape index (κ3) is 3.59. The monoisotopic (exact) mass is 323 g/mol. The molecule has 2 atom stereocenters. The fraction of sp³-hybridized carbons (Fsp3) is 0.562. The average molecular weight is 324 g/mol. The van der Waals surface area contributed by atoms with E-state index >= 15 is 0 Å². The Balaban J connectivity index is 2.12. The van der Waals surface area contributed by atoms with Crippen molar-refractivity contribution in [3.63, 3.8) is 0 Å². The third-order valence-corrected chi connectivity index (χ3v) is 5.08. The second kappa shape index (κ2) is 6.08. The number of carbonyl (C=O) groups is 1. The second-order valence-electron chi connectivity index (χ2n) is 5.94. The minimum Gasteiger partial charge on any atom is -0.346 e. The minimum atomic E-state index is -0.0709. The van der Waals surface area contributed by atoms with Crippen LogP contribution in [0, 0.1) is 12.8 Å². The van der Waals surface area contributed by atoms with Crippen LogP contribution in [0.5, 0.6) is 0 Å². The van der Waals surface area contributed by atoms with Crippen LogP contribution in [0.3, 0.4) is 0 Å². The zero-order valence-electron chi connectivity index (χ0n) is 11.7. The van der Waals surface area contributed by atoms with E-state index in [2.05, 4.69) is 28.2 Å². The summed E-state index contributed by atoms with van der Waals surface area (Å²) >= 11 is 3.60. The maximum Gasteiger partial charge on any atom is 0.251 e. The zero-order chi connectivity index (χ0) is 13.9. The molecule has 2 unspecified atom stereocenters. The molecule has 1 saturated carbocycles. The molecule has 1 aromatic carbocycles. The van der Waals surface area contributed by atoms with Crippen molar-refractivity contribution in [2.45, 2.75) is 45.1 Å². The van der Waals surface area contributed by atoms with Gasteiger partial charge >= 0.3 is 0 Å². The highest BCUT2D eigenvalue weighted by Gasteiger charge is 2.35. The summed E-state index contributed by atoms with van der Waals surface area (Å²) in [6.45, 7) is 4.29. The molecule has 0 heterocycles. The molecule has 1 fully saturated rings. The first kappa shape index (κ1) is 14.6. The SMILES string of the molecule is Cc1cccc(C(=O)NC2(CBr)CCCC(C)C2)c1. The van der Waals surface area contributed by atoms with Crippen LogP contribution in [0.1, 0.15) is 48.5 Å². The molecule has 19 heavy (non-hydrogen) atoms. The predicted octanol–water partition coefficient (Wildman–Crippen LogP) is 4.07. The van der Waals surface area contributed by atoms with Gasteiger partial charge in [0.1, 0.15) is 0 Å². The lowest BCUT2D eigenvalue weighted by Crippen LogP contribution is -2.52. The van der Waals surface area contributed by atoms with Crippen molar-refractivity contribution >= 4 is 21.8 Å². The number of carbonyl (C=O) groups excluding carboxylic acids is 1. The number of nitrogens with one attached hydrogen (secondary N) is 1. The lowest BCUT2D eigenvalue weighted by molar-refractivity contribution is 0.0869. The molecular weight excluding hydrogens is 302 g/mol. The maximum absolute atomic E-state index is 12.4. The summed E-state index contributed by atoms with van der Waals surface area (Å²) < 4.78 is 0. The van der Waals surface area contributed by atoms with Gasteiger partial charge in [0, 0.05) is 10.9 Å². The van der Waals surface area contributed by atoms with E-state index in [4.69, 9.17) is 0 Å². The van der Waals surface area contributed by atoms with Crippen LogP contribution in [-0.4, -0.2) is 16.8 Å². The van der Waals surface area contributed by atoms with Gasteiger partial charge in [0.15, 0.2) is 0 Å². The number of alkyl halides is 1. The first-order chi connectivity index (χ1) is 9.04. The van der Waals surface area contributed by atoms with E-state index in [9.17, 15) is 4.79 Å². The molecule has 0 spiro atoms. The van der Waals surface area contributed by atoms with Crippen molar-refractivity contribution in [3.05, 3.63) is 35.4 Å². The first-order valence-electron chi connectivity index (χ1n) is 7.00. The van der Waals surface area contributed by atoms with Crippen LogP contribution in [0.15, 0.2) is 24.3 Å². The molecule has 104 valence electrons. The minimum absolute atomic E-state index is 0.0530. The fourth-order valence-electron chi connectivity index (χ4n) is 3.03. The van der Waals surface area contributed by atoms with Gasteiger partial charge in [-0.05, 0) is 37.8 Å². The summed E-state index contributed by atoms with van der Waals surface area (Å²) in [7, 11) is 0. The molecule has 0 saturated heterocycles. The molecule has 3 heteroatoms.